The van der Waals surface area contributed by atoms with E-state index in [1.54, 1.807) is 37.3 Å². The minimum Gasteiger partial charge on any atom is -0.462 e. The van der Waals surface area contributed by atoms with Crippen molar-refractivity contribution in [2.45, 2.75) is 6.92 Å². The Morgan fingerprint density at radius 1 is 1.21 bits per heavy atom. The number of carbonyl (C=O) groups excluding carboxylic acids is 1. The first-order valence-corrected chi connectivity index (χ1v) is 5.94. The summed E-state index contributed by atoms with van der Waals surface area (Å²) < 4.78 is 17.8. The molecule has 0 spiro atoms. The molecule has 98 valence electrons. The lowest BCUT2D eigenvalue weighted by molar-refractivity contribution is 0.0526. The average molecular weight is 259 g/mol. The molecule has 0 aliphatic heterocycles. The van der Waals surface area contributed by atoms with Crippen molar-refractivity contribution < 1.29 is 13.9 Å². The molecule has 0 fully saturated rings. The molecule has 0 aromatic heterocycles. The van der Waals surface area contributed by atoms with E-state index in [9.17, 15) is 9.18 Å². The van der Waals surface area contributed by atoms with Gasteiger partial charge in [-0.3, -0.25) is 0 Å². The molecule has 0 bridgehead atoms. The van der Waals surface area contributed by atoms with Gasteiger partial charge in [0.1, 0.15) is 5.82 Å². The van der Waals surface area contributed by atoms with Crippen molar-refractivity contribution in [3.63, 3.8) is 0 Å². The number of hydrogen-bond acceptors (Lipinski definition) is 3. The minimum atomic E-state index is -0.397. The quantitative estimate of drug-likeness (QED) is 0.680. The van der Waals surface area contributed by atoms with Gasteiger partial charge in [0.05, 0.1) is 12.2 Å². The van der Waals surface area contributed by atoms with Gasteiger partial charge in [0, 0.05) is 11.3 Å². The number of rotatable bonds is 3. The summed E-state index contributed by atoms with van der Waals surface area (Å²) >= 11 is 0. The lowest BCUT2D eigenvalue weighted by atomic mass is 10.0. The lowest BCUT2D eigenvalue weighted by Gasteiger charge is -2.08. The van der Waals surface area contributed by atoms with E-state index in [1.165, 1.54) is 12.1 Å². The number of nitrogens with two attached hydrogens (primary N) is 1. The molecule has 2 rings (SSSR count). The topological polar surface area (TPSA) is 52.3 Å². The van der Waals surface area contributed by atoms with Gasteiger partial charge in [-0.1, -0.05) is 12.1 Å². The van der Waals surface area contributed by atoms with Crippen molar-refractivity contribution in [2.75, 3.05) is 12.3 Å². The van der Waals surface area contributed by atoms with Gasteiger partial charge >= 0.3 is 5.97 Å². The number of nitrogen functional groups attached to an aromatic ring is 1. The van der Waals surface area contributed by atoms with Gasteiger partial charge in [-0.05, 0) is 42.8 Å². The van der Waals surface area contributed by atoms with Crippen molar-refractivity contribution in [1.82, 2.24) is 0 Å². The standard InChI is InChI=1S/C15H14FNO2/c1-2-19-15(18)11-5-8-14(17)13(9-11)10-3-6-12(16)7-4-10/h3-9H,2,17H2,1H3. The van der Waals surface area contributed by atoms with Crippen LogP contribution in [0.4, 0.5) is 10.1 Å². The van der Waals surface area contributed by atoms with Crippen molar-refractivity contribution in [2.24, 2.45) is 0 Å². The van der Waals surface area contributed by atoms with E-state index in [0.717, 1.165) is 5.56 Å². The summed E-state index contributed by atoms with van der Waals surface area (Å²) in [6.07, 6.45) is 0. The lowest BCUT2D eigenvalue weighted by Crippen LogP contribution is -2.05. The van der Waals surface area contributed by atoms with Crippen molar-refractivity contribution >= 4 is 11.7 Å². The first-order chi connectivity index (χ1) is 9.11. The van der Waals surface area contributed by atoms with Crippen LogP contribution >= 0.6 is 0 Å². The zero-order chi connectivity index (χ0) is 13.8. The van der Waals surface area contributed by atoms with Gasteiger partial charge in [0.25, 0.3) is 0 Å². The van der Waals surface area contributed by atoms with Gasteiger partial charge in [0.2, 0.25) is 0 Å². The highest BCUT2D eigenvalue weighted by atomic mass is 19.1. The van der Waals surface area contributed by atoms with Crippen LogP contribution in [-0.4, -0.2) is 12.6 Å². The number of hydrogen-bond donors (Lipinski definition) is 1. The largest absolute Gasteiger partial charge is 0.462 e. The Balaban J connectivity index is 2.42. The fraction of sp³-hybridized carbons (Fsp3) is 0.133. The molecule has 2 aromatic rings. The van der Waals surface area contributed by atoms with E-state index < -0.39 is 5.97 Å². The van der Waals surface area contributed by atoms with Gasteiger partial charge in [0.15, 0.2) is 0 Å². The SMILES string of the molecule is CCOC(=O)c1ccc(N)c(-c2ccc(F)cc2)c1. The van der Waals surface area contributed by atoms with E-state index in [1.807, 2.05) is 0 Å². The van der Waals surface area contributed by atoms with Crippen molar-refractivity contribution in [1.29, 1.82) is 0 Å². The highest BCUT2D eigenvalue weighted by Gasteiger charge is 2.10. The predicted octanol–water partition coefficient (Wildman–Crippen LogP) is 3.25. The predicted molar refractivity (Wildman–Crippen MR) is 72.2 cm³/mol. The molecule has 4 heteroatoms. The maximum Gasteiger partial charge on any atom is 0.338 e. The molecule has 0 saturated heterocycles. The highest BCUT2D eigenvalue weighted by Crippen LogP contribution is 2.27. The summed E-state index contributed by atoms with van der Waals surface area (Å²) in [5, 5.41) is 0. The maximum atomic E-state index is 12.9. The Bertz CT molecular complexity index is 594. The number of halogens is 1. The molecule has 0 aliphatic carbocycles. The number of anilines is 1. The molecule has 2 N–H and O–H groups in total. The Kier molecular flexibility index (Phi) is 3.80. The third kappa shape index (κ3) is 2.91. The van der Waals surface area contributed by atoms with E-state index in [4.69, 9.17) is 10.5 Å². The first kappa shape index (κ1) is 13.1. The van der Waals surface area contributed by atoms with Crippen molar-refractivity contribution in [3.05, 3.63) is 53.8 Å². The van der Waals surface area contributed by atoms with E-state index in [0.29, 0.717) is 23.4 Å². The van der Waals surface area contributed by atoms with Crippen LogP contribution in [0.15, 0.2) is 42.5 Å². The van der Waals surface area contributed by atoms with E-state index >= 15 is 0 Å². The zero-order valence-electron chi connectivity index (χ0n) is 10.5. The summed E-state index contributed by atoms with van der Waals surface area (Å²) in [7, 11) is 0. The van der Waals surface area contributed by atoms with Crippen LogP contribution in [0.1, 0.15) is 17.3 Å². The molecule has 19 heavy (non-hydrogen) atoms. The fourth-order valence-corrected chi connectivity index (χ4v) is 1.78. The Labute approximate surface area is 110 Å². The smallest absolute Gasteiger partial charge is 0.338 e. The van der Waals surface area contributed by atoms with Crippen LogP contribution in [0.3, 0.4) is 0 Å². The third-order valence-electron chi connectivity index (χ3n) is 2.72. The van der Waals surface area contributed by atoms with Gasteiger partial charge < -0.3 is 10.5 Å². The molecule has 0 heterocycles. The van der Waals surface area contributed by atoms with Gasteiger partial charge in [-0.25, -0.2) is 9.18 Å². The minimum absolute atomic E-state index is 0.315. The third-order valence-corrected chi connectivity index (χ3v) is 2.72. The summed E-state index contributed by atoms with van der Waals surface area (Å²) in [5.41, 5.74) is 8.28. The first-order valence-electron chi connectivity index (χ1n) is 5.94. The zero-order valence-corrected chi connectivity index (χ0v) is 10.5. The number of carbonyl (C=O) groups is 1. The number of benzene rings is 2. The molecule has 0 radical (unpaired) electrons. The highest BCUT2D eigenvalue weighted by molar-refractivity contribution is 5.93. The molecule has 0 atom stereocenters. The molecule has 0 amide bonds. The summed E-state index contributed by atoms with van der Waals surface area (Å²) in [4.78, 5) is 11.7. The summed E-state index contributed by atoms with van der Waals surface area (Å²) in [5.74, 6) is -0.713. The molecule has 2 aromatic carbocycles. The molecule has 3 nitrogen and oxygen atoms in total. The second kappa shape index (κ2) is 5.52. The average Bonchev–Trinajstić information content (AvgIpc) is 2.41. The summed E-state index contributed by atoms with van der Waals surface area (Å²) in [6.45, 7) is 2.06. The maximum absolute atomic E-state index is 12.9. The van der Waals surface area contributed by atoms with Crippen LogP contribution in [0.25, 0.3) is 11.1 Å². The van der Waals surface area contributed by atoms with Crippen LogP contribution in [0, 0.1) is 5.82 Å². The molecule has 0 unspecified atom stereocenters. The number of ether oxygens (including phenoxy) is 1. The Morgan fingerprint density at radius 3 is 2.53 bits per heavy atom. The number of esters is 1. The van der Waals surface area contributed by atoms with Crippen LogP contribution in [0.5, 0.6) is 0 Å². The van der Waals surface area contributed by atoms with E-state index in [-0.39, 0.29) is 5.82 Å². The monoisotopic (exact) mass is 259 g/mol. The Hall–Kier alpha value is -2.36. The Morgan fingerprint density at radius 2 is 1.89 bits per heavy atom. The van der Waals surface area contributed by atoms with E-state index in [2.05, 4.69) is 0 Å². The molecular formula is C15H14FNO2. The fourth-order valence-electron chi connectivity index (χ4n) is 1.78. The van der Waals surface area contributed by atoms with Gasteiger partial charge in [-0.2, -0.15) is 0 Å². The summed E-state index contributed by atoms with van der Waals surface area (Å²) in [6, 6.07) is 10.9. The molecule has 0 aliphatic rings. The molecular weight excluding hydrogens is 245 g/mol. The second-order valence-corrected chi connectivity index (χ2v) is 4.03. The molecule has 0 saturated carbocycles. The van der Waals surface area contributed by atoms with Crippen LogP contribution in [-0.2, 0) is 4.74 Å². The van der Waals surface area contributed by atoms with Crippen LogP contribution < -0.4 is 5.73 Å². The van der Waals surface area contributed by atoms with Crippen molar-refractivity contribution in [3.8, 4) is 11.1 Å². The normalized spacial score (nSPS) is 10.2. The van der Waals surface area contributed by atoms with Crippen LogP contribution in [0.2, 0.25) is 0 Å². The second-order valence-electron chi connectivity index (χ2n) is 4.03. The van der Waals surface area contributed by atoms with Gasteiger partial charge in [-0.15, -0.1) is 0 Å².